The van der Waals surface area contributed by atoms with Gasteiger partial charge in [-0.1, -0.05) is 13.0 Å². The van der Waals surface area contributed by atoms with Gasteiger partial charge in [-0.3, -0.25) is 0 Å². The number of hydrogen-bond donors (Lipinski definition) is 1. The monoisotopic (exact) mass is 276 g/mol. The highest BCUT2D eigenvalue weighted by atomic mass is 19.1. The number of anilines is 1. The molecule has 5 heteroatoms. The molecule has 0 aliphatic rings. The van der Waals surface area contributed by atoms with Gasteiger partial charge in [0.25, 0.3) is 0 Å². The molecule has 0 atom stereocenters. The molecule has 0 amide bonds. The second-order valence-electron chi connectivity index (χ2n) is 4.40. The van der Waals surface area contributed by atoms with E-state index < -0.39 is 0 Å². The molecule has 0 saturated carbocycles. The number of benzene rings is 1. The van der Waals surface area contributed by atoms with E-state index in [1.807, 2.05) is 13.8 Å². The van der Waals surface area contributed by atoms with E-state index in [1.165, 1.54) is 12.1 Å². The Morgan fingerprint density at radius 2 is 2.05 bits per heavy atom. The summed E-state index contributed by atoms with van der Waals surface area (Å²) in [5, 5.41) is 0. The molecule has 2 N–H and O–H groups in total. The Morgan fingerprint density at radius 3 is 2.80 bits per heavy atom. The summed E-state index contributed by atoms with van der Waals surface area (Å²) in [4.78, 5) is 4.18. The van der Waals surface area contributed by atoms with Crippen LogP contribution in [-0.4, -0.2) is 11.6 Å². The van der Waals surface area contributed by atoms with E-state index in [-0.39, 0.29) is 5.82 Å². The fourth-order valence-electron chi connectivity index (χ4n) is 1.60. The SMILES string of the molecule is CCCOc1nc(Oc2cc(F)ccc2C)ccc1N. The minimum atomic E-state index is -0.358. The Bertz CT molecular complexity index is 602. The second kappa shape index (κ2) is 6.23. The Morgan fingerprint density at radius 1 is 1.25 bits per heavy atom. The third-order valence-corrected chi connectivity index (χ3v) is 2.67. The number of nitrogen functional groups attached to an aromatic ring is 1. The van der Waals surface area contributed by atoms with Gasteiger partial charge in [0.1, 0.15) is 11.6 Å². The molecular formula is C15H17FN2O2. The van der Waals surface area contributed by atoms with Crippen LogP contribution in [0, 0.1) is 12.7 Å². The number of aromatic nitrogens is 1. The molecule has 2 rings (SSSR count). The number of aryl methyl sites for hydroxylation is 1. The minimum Gasteiger partial charge on any atom is -0.476 e. The van der Waals surface area contributed by atoms with Gasteiger partial charge in [0, 0.05) is 12.1 Å². The molecule has 0 aliphatic heterocycles. The number of hydrogen-bond acceptors (Lipinski definition) is 4. The van der Waals surface area contributed by atoms with Crippen LogP contribution < -0.4 is 15.2 Å². The van der Waals surface area contributed by atoms with Gasteiger partial charge < -0.3 is 15.2 Å². The first-order chi connectivity index (χ1) is 9.60. The van der Waals surface area contributed by atoms with Gasteiger partial charge in [0.05, 0.1) is 12.3 Å². The maximum absolute atomic E-state index is 13.2. The van der Waals surface area contributed by atoms with Crippen molar-refractivity contribution in [2.24, 2.45) is 0 Å². The highest BCUT2D eigenvalue weighted by Gasteiger charge is 2.08. The summed E-state index contributed by atoms with van der Waals surface area (Å²) >= 11 is 0. The predicted octanol–water partition coefficient (Wildman–Crippen LogP) is 3.69. The van der Waals surface area contributed by atoms with Crippen molar-refractivity contribution in [1.29, 1.82) is 0 Å². The summed E-state index contributed by atoms with van der Waals surface area (Å²) in [6.07, 6.45) is 0.856. The van der Waals surface area contributed by atoms with E-state index in [0.29, 0.717) is 29.8 Å². The maximum Gasteiger partial charge on any atom is 0.240 e. The van der Waals surface area contributed by atoms with Gasteiger partial charge in [0.15, 0.2) is 0 Å². The van der Waals surface area contributed by atoms with Gasteiger partial charge in [-0.25, -0.2) is 4.39 Å². The lowest BCUT2D eigenvalue weighted by atomic mass is 10.2. The van der Waals surface area contributed by atoms with Crippen molar-refractivity contribution in [3.63, 3.8) is 0 Å². The van der Waals surface area contributed by atoms with Crippen LogP contribution in [-0.2, 0) is 0 Å². The zero-order chi connectivity index (χ0) is 14.5. The van der Waals surface area contributed by atoms with Crippen molar-refractivity contribution in [3.05, 3.63) is 41.7 Å². The van der Waals surface area contributed by atoms with E-state index in [9.17, 15) is 4.39 Å². The number of ether oxygens (including phenoxy) is 2. The summed E-state index contributed by atoms with van der Waals surface area (Å²) in [5.74, 6) is 0.713. The third kappa shape index (κ3) is 3.38. The molecule has 0 fully saturated rings. The molecule has 4 nitrogen and oxygen atoms in total. The summed E-state index contributed by atoms with van der Waals surface area (Å²) in [7, 11) is 0. The molecule has 1 heterocycles. The molecule has 1 aromatic carbocycles. The van der Waals surface area contributed by atoms with Crippen LogP contribution in [0.1, 0.15) is 18.9 Å². The van der Waals surface area contributed by atoms with Crippen molar-refractivity contribution in [1.82, 2.24) is 4.98 Å². The number of pyridine rings is 1. The van der Waals surface area contributed by atoms with Gasteiger partial charge >= 0.3 is 0 Å². The molecule has 0 aliphatic carbocycles. The normalized spacial score (nSPS) is 10.3. The molecule has 0 radical (unpaired) electrons. The van der Waals surface area contributed by atoms with E-state index in [1.54, 1.807) is 18.2 Å². The lowest BCUT2D eigenvalue weighted by molar-refractivity contribution is 0.302. The molecule has 0 saturated heterocycles. The Balaban J connectivity index is 2.22. The van der Waals surface area contributed by atoms with Gasteiger partial charge in [-0.15, -0.1) is 0 Å². The fraction of sp³-hybridized carbons (Fsp3) is 0.267. The standard InChI is InChI=1S/C15H17FN2O2/c1-3-8-19-15-12(17)6-7-14(18-15)20-13-9-11(16)5-4-10(13)2/h4-7,9H,3,8,17H2,1-2H3. The van der Waals surface area contributed by atoms with Gasteiger partial charge in [-0.2, -0.15) is 4.98 Å². The minimum absolute atomic E-state index is 0.319. The maximum atomic E-state index is 13.2. The molecule has 20 heavy (non-hydrogen) atoms. The van der Waals surface area contributed by atoms with Crippen LogP contribution in [0.4, 0.5) is 10.1 Å². The van der Waals surface area contributed by atoms with Gasteiger partial charge in [0.2, 0.25) is 11.8 Å². The fourth-order valence-corrected chi connectivity index (χ4v) is 1.60. The zero-order valence-corrected chi connectivity index (χ0v) is 11.5. The predicted molar refractivity (Wildman–Crippen MR) is 75.6 cm³/mol. The lowest BCUT2D eigenvalue weighted by Crippen LogP contribution is -2.02. The molecule has 1 aromatic heterocycles. The quantitative estimate of drug-likeness (QED) is 0.904. The first-order valence-corrected chi connectivity index (χ1v) is 6.43. The van der Waals surface area contributed by atoms with Crippen LogP contribution in [0.3, 0.4) is 0 Å². The summed E-state index contributed by atoms with van der Waals surface area (Å²) in [6.45, 7) is 4.35. The number of nitrogens with zero attached hydrogens (tertiary/aromatic N) is 1. The Kier molecular flexibility index (Phi) is 4.40. The summed E-state index contributed by atoms with van der Waals surface area (Å²) in [5.41, 5.74) is 7.04. The van der Waals surface area contributed by atoms with Crippen LogP contribution in [0.15, 0.2) is 30.3 Å². The van der Waals surface area contributed by atoms with Gasteiger partial charge in [-0.05, 0) is 31.0 Å². The smallest absolute Gasteiger partial charge is 0.240 e. The van der Waals surface area contributed by atoms with Crippen molar-refractivity contribution in [2.75, 3.05) is 12.3 Å². The number of rotatable bonds is 5. The lowest BCUT2D eigenvalue weighted by Gasteiger charge is -2.11. The average molecular weight is 276 g/mol. The first-order valence-electron chi connectivity index (χ1n) is 6.43. The van der Waals surface area contributed by atoms with E-state index in [0.717, 1.165) is 12.0 Å². The van der Waals surface area contributed by atoms with E-state index in [2.05, 4.69) is 4.98 Å². The Labute approximate surface area is 117 Å². The summed E-state index contributed by atoms with van der Waals surface area (Å²) < 4.78 is 24.2. The zero-order valence-electron chi connectivity index (χ0n) is 11.5. The topological polar surface area (TPSA) is 57.4 Å². The molecular weight excluding hydrogens is 259 g/mol. The highest BCUT2D eigenvalue weighted by molar-refractivity contribution is 5.50. The summed E-state index contributed by atoms with van der Waals surface area (Å²) in [6, 6.07) is 7.63. The number of halogens is 1. The van der Waals surface area contributed by atoms with Crippen molar-refractivity contribution >= 4 is 5.69 Å². The Hall–Kier alpha value is -2.30. The third-order valence-electron chi connectivity index (χ3n) is 2.67. The van der Waals surface area contributed by atoms with Crippen molar-refractivity contribution in [2.45, 2.75) is 20.3 Å². The molecule has 2 aromatic rings. The molecule has 106 valence electrons. The average Bonchev–Trinajstić information content (AvgIpc) is 2.43. The van der Waals surface area contributed by atoms with Crippen molar-refractivity contribution < 1.29 is 13.9 Å². The van der Waals surface area contributed by atoms with Crippen molar-refractivity contribution in [3.8, 4) is 17.5 Å². The molecule has 0 bridgehead atoms. The van der Waals surface area contributed by atoms with Crippen LogP contribution in [0.25, 0.3) is 0 Å². The van der Waals surface area contributed by atoms with E-state index in [4.69, 9.17) is 15.2 Å². The number of nitrogens with two attached hydrogens (primary N) is 1. The molecule has 0 spiro atoms. The largest absolute Gasteiger partial charge is 0.476 e. The van der Waals surface area contributed by atoms with Crippen LogP contribution >= 0.6 is 0 Å². The highest BCUT2D eigenvalue weighted by Crippen LogP contribution is 2.28. The van der Waals surface area contributed by atoms with E-state index >= 15 is 0 Å². The molecule has 0 unspecified atom stereocenters. The second-order valence-corrected chi connectivity index (χ2v) is 4.40. The van der Waals surface area contributed by atoms with Crippen LogP contribution in [0.2, 0.25) is 0 Å². The van der Waals surface area contributed by atoms with Crippen LogP contribution in [0.5, 0.6) is 17.5 Å². The first kappa shape index (κ1) is 14.1.